The van der Waals surface area contributed by atoms with Gasteiger partial charge in [0.2, 0.25) is 0 Å². The van der Waals surface area contributed by atoms with Gasteiger partial charge in [0.1, 0.15) is 0 Å². The van der Waals surface area contributed by atoms with Gasteiger partial charge in [-0.15, -0.1) is 34.4 Å². The van der Waals surface area contributed by atoms with Crippen molar-refractivity contribution in [2.45, 2.75) is 37.7 Å². The van der Waals surface area contributed by atoms with Crippen LogP contribution in [0, 0.1) is 12.2 Å². The second-order valence-electron chi connectivity index (χ2n) is 8.77. The van der Waals surface area contributed by atoms with Crippen LogP contribution in [0.4, 0.5) is 0 Å². The molecule has 0 bridgehead atoms. The number of rotatable bonds is 1. The SMILES string of the molecule is CC1=[C-]c2ccc3ccccc3c2C1.CC1=[C-]c2ccc3ccccc3c2C1.C[Si](=[Zr+2])C(Cl)Cl. The number of alkyl halides is 2. The van der Waals surface area contributed by atoms with E-state index in [0.29, 0.717) is 0 Å². The second-order valence-corrected chi connectivity index (χ2v) is 18.4. The number of fused-ring (bicyclic) bond motifs is 6. The van der Waals surface area contributed by atoms with Crippen LogP contribution < -0.4 is 0 Å². The summed E-state index contributed by atoms with van der Waals surface area (Å²) in [5.74, 6) is 0. The van der Waals surface area contributed by atoms with E-state index in [1.165, 1.54) is 78.3 Å². The van der Waals surface area contributed by atoms with Gasteiger partial charge in [-0.3, -0.25) is 0 Å². The molecule has 0 amide bonds. The number of allylic oxidation sites excluding steroid dienone is 2. The van der Waals surface area contributed by atoms with Crippen LogP contribution in [0.1, 0.15) is 36.1 Å². The molecule has 0 unspecified atom stereocenters. The maximum absolute atomic E-state index is 5.45. The molecule has 6 rings (SSSR count). The summed E-state index contributed by atoms with van der Waals surface area (Å²) in [6.45, 7) is 6.41. The molecule has 0 saturated carbocycles. The fourth-order valence-electron chi connectivity index (χ4n) is 4.37. The van der Waals surface area contributed by atoms with E-state index in [1.54, 1.807) is 0 Å². The molecule has 0 saturated heterocycles. The van der Waals surface area contributed by atoms with Crippen molar-refractivity contribution in [1.82, 2.24) is 0 Å². The van der Waals surface area contributed by atoms with Crippen molar-refractivity contribution < 1.29 is 23.3 Å². The number of halogens is 2. The van der Waals surface area contributed by atoms with E-state index >= 15 is 0 Å². The zero-order valence-electron chi connectivity index (χ0n) is 19.7. The van der Waals surface area contributed by atoms with Crippen molar-refractivity contribution in [3.63, 3.8) is 0 Å². The molecule has 0 radical (unpaired) electrons. The predicted octanol–water partition coefficient (Wildman–Crippen LogP) is 8.48. The van der Waals surface area contributed by atoms with E-state index in [0.717, 1.165) is 12.8 Å². The summed E-state index contributed by atoms with van der Waals surface area (Å²) in [7, 11) is 0. The minimum absolute atomic E-state index is 0.0619. The second kappa shape index (κ2) is 11.5. The zero-order valence-corrected chi connectivity index (χ0v) is 24.6. The maximum atomic E-state index is 5.45. The van der Waals surface area contributed by atoms with Crippen LogP contribution in [-0.4, -0.2) is 9.89 Å². The Morgan fingerprint density at radius 3 is 1.47 bits per heavy atom. The third-order valence-corrected chi connectivity index (χ3v) is 13.4. The summed E-state index contributed by atoms with van der Waals surface area (Å²) >= 11 is 12.4. The molecule has 4 aromatic carbocycles. The third-order valence-electron chi connectivity index (χ3n) is 5.99. The molecule has 4 aromatic rings. The van der Waals surface area contributed by atoms with Crippen LogP contribution in [-0.2, 0) is 36.2 Å². The third kappa shape index (κ3) is 6.03. The van der Waals surface area contributed by atoms with Gasteiger partial charge in [0.05, 0.1) is 0 Å². The van der Waals surface area contributed by atoms with Crippen molar-refractivity contribution in [3.8, 4) is 0 Å². The van der Waals surface area contributed by atoms with Crippen LogP contribution in [0.5, 0.6) is 0 Å². The van der Waals surface area contributed by atoms with E-state index in [-0.39, 0.29) is 9.89 Å². The number of hydrogen-bond acceptors (Lipinski definition) is 0. The van der Waals surface area contributed by atoms with Gasteiger partial charge in [0.15, 0.2) is 0 Å². The Morgan fingerprint density at radius 1 is 0.706 bits per heavy atom. The first kappa shape index (κ1) is 25.6. The molecule has 0 spiro atoms. The van der Waals surface area contributed by atoms with Crippen molar-refractivity contribution in [2.24, 2.45) is 0 Å². The molecular formula is C30H26Cl2SiZr. The minimum atomic E-state index is -0.331. The topological polar surface area (TPSA) is 0 Å². The quantitative estimate of drug-likeness (QED) is 0.121. The Bertz CT molecular complexity index is 1330. The van der Waals surface area contributed by atoms with Crippen molar-refractivity contribution in [2.75, 3.05) is 0 Å². The van der Waals surface area contributed by atoms with E-state index in [4.69, 9.17) is 23.2 Å². The molecule has 2 aliphatic carbocycles. The van der Waals surface area contributed by atoms with E-state index in [2.05, 4.69) is 105 Å². The molecule has 0 atom stereocenters. The fourth-order valence-corrected chi connectivity index (χ4v) is 4.37. The van der Waals surface area contributed by atoms with Gasteiger partial charge >= 0.3 is 63.0 Å². The number of hydrogen-bond donors (Lipinski definition) is 0. The van der Waals surface area contributed by atoms with Crippen LogP contribution in [0.3, 0.4) is 0 Å². The van der Waals surface area contributed by atoms with Crippen molar-refractivity contribution in [1.29, 1.82) is 0 Å². The molecular weight excluding hydrogens is 551 g/mol. The van der Waals surface area contributed by atoms with Crippen LogP contribution >= 0.6 is 23.2 Å². The molecule has 0 N–H and O–H groups in total. The molecule has 0 aliphatic heterocycles. The van der Waals surface area contributed by atoms with E-state index in [9.17, 15) is 0 Å². The van der Waals surface area contributed by atoms with Crippen molar-refractivity contribution in [3.05, 3.63) is 118 Å². The van der Waals surface area contributed by atoms with Crippen molar-refractivity contribution >= 4 is 50.2 Å². The van der Waals surface area contributed by atoms with Gasteiger partial charge in [-0.1, -0.05) is 86.0 Å². The summed E-state index contributed by atoms with van der Waals surface area (Å²) in [6.07, 6.45) is 8.94. The van der Waals surface area contributed by atoms with E-state index < -0.39 is 0 Å². The molecule has 34 heavy (non-hydrogen) atoms. The Kier molecular flexibility index (Phi) is 8.70. The van der Waals surface area contributed by atoms with Gasteiger partial charge in [-0.05, 0) is 10.8 Å². The van der Waals surface area contributed by atoms with Crippen LogP contribution in [0.15, 0.2) is 83.9 Å². The average molecular weight is 577 g/mol. The van der Waals surface area contributed by atoms with Crippen LogP contribution in [0.25, 0.3) is 21.5 Å². The molecule has 168 valence electrons. The first-order valence-electron chi connectivity index (χ1n) is 11.4. The van der Waals surface area contributed by atoms with E-state index in [1.807, 2.05) is 0 Å². The summed E-state index contributed by atoms with van der Waals surface area (Å²) in [5, 5.41) is 5.44. The summed E-state index contributed by atoms with van der Waals surface area (Å²) in [6, 6.07) is 25.9. The monoisotopic (exact) mass is 574 g/mol. The Morgan fingerprint density at radius 2 is 1.09 bits per heavy atom. The standard InChI is InChI=1S/2C14H11.C2H4Cl2Si.Zr/c2*1-10-8-12-7-6-11-4-2-3-5-13(11)14(12)9-10;1-5-2(3)4;/h2*2-7H,9H2,1H3;2H,1H3;/q2*-1;;+2. The molecule has 2 aliphatic rings. The molecule has 4 heteroatoms. The van der Waals surface area contributed by atoms with Gasteiger partial charge in [-0.25, -0.2) is 0 Å². The average Bonchev–Trinajstić information content (AvgIpc) is 3.41. The van der Waals surface area contributed by atoms with Gasteiger partial charge in [0, 0.05) is 0 Å². The zero-order chi connectivity index (χ0) is 24.2. The first-order valence-corrected chi connectivity index (χ1v) is 18.0. The molecule has 0 fully saturated rings. The Balaban J connectivity index is 0.000000132. The first-order chi connectivity index (χ1) is 16.3. The summed E-state index contributed by atoms with van der Waals surface area (Å²) in [5.41, 5.74) is 7.80. The number of benzene rings is 4. The molecule has 0 heterocycles. The Hall–Kier alpha value is -1.44. The van der Waals surface area contributed by atoms with Gasteiger partial charge in [0.25, 0.3) is 0 Å². The fraction of sp³-hybridized carbons (Fsp3) is 0.200. The van der Waals surface area contributed by atoms with Crippen LogP contribution in [0.2, 0.25) is 6.55 Å². The summed E-state index contributed by atoms with van der Waals surface area (Å²) in [4.78, 5) is 0. The molecule has 0 nitrogen and oxygen atoms in total. The molecule has 0 aromatic heterocycles. The normalized spacial score (nSPS) is 13.4. The predicted molar refractivity (Wildman–Crippen MR) is 145 cm³/mol. The van der Waals surface area contributed by atoms with Gasteiger partial charge < -0.3 is 0 Å². The Labute approximate surface area is 228 Å². The summed E-state index contributed by atoms with van der Waals surface area (Å²) < 4.78 is -0.0619. The van der Waals surface area contributed by atoms with Gasteiger partial charge in [-0.2, -0.15) is 35.4 Å².